The summed E-state index contributed by atoms with van der Waals surface area (Å²) in [5.74, 6) is -0.449. The zero-order valence-electron chi connectivity index (χ0n) is 14.7. The topological polar surface area (TPSA) is 72.6 Å². The van der Waals surface area contributed by atoms with E-state index < -0.39 is 12.0 Å². The molecule has 5 nitrogen and oxygen atoms in total. The average Bonchev–Trinajstić information content (AvgIpc) is 2.53. The van der Waals surface area contributed by atoms with Crippen molar-refractivity contribution in [3.8, 4) is 5.75 Å². The van der Waals surface area contributed by atoms with Crippen LogP contribution in [0.4, 0.5) is 0 Å². The standard InChI is InChI=1S/C20H23NO4/c1-20(2,3)25-17-11-9-15(10-12-17)13-18(19(22)23)21(24)14-16-7-5-4-6-8-16/h4-12,14,18H,13H2,1-3H3,(H,22,23)/b21-14-/t18-/m0/s1. The van der Waals surface area contributed by atoms with Crippen LogP contribution in [-0.4, -0.2) is 33.7 Å². The van der Waals surface area contributed by atoms with Crippen LogP contribution in [0.15, 0.2) is 54.6 Å². The number of hydroxylamine groups is 1. The molecule has 0 aromatic heterocycles. The number of hydrogen-bond donors (Lipinski definition) is 1. The van der Waals surface area contributed by atoms with Gasteiger partial charge in [-0.3, -0.25) is 0 Å². The minimum Gasteiger partial charge on any atom is -0.623 e. The maximum atomic E-state index is 12.3. The molecular formula is C20H23NO4. The van der Waals surface area contributed by atoms with Crippen molar-refractivity contribution in [2.75, 3.05) is 0 Å². The third-order valence-corrected chi connectivity index (χ3v) is 3.44. The SMILES string of the molecule is CC(C)(C)Oc1ccc(C[C@@H](C(=O)O)/[N+]([O-])=C/c2ccccc2)cc1. The van der Waals surface area contributed by atoms with E-state index in [0.29, 0.717) is 16.1 Å². The second kappa shape index (κ2) is 7.83. The van der Waals surface area contributed by atoms with E-state index in [4.69, 9.17) is 4.74 Å². The summed E-state index contributed by atoms with van der Waals surface area (Å²) in [5, 5.41) is 21.7. The summed E-state index contributed by atoms with van der Waals surface area (Å²) in [7, 11) is 0. The van der Waals surface area contributed by atoms with E-state index in [0.717, 1.165) is 5.56 Å². The van der Waals surface area contributed by atoms with Crippen LogP contribution in [0.1, 0.15) is 31.9 Å². The molecule has 0 aliphatic carbocycles. The highest BCUT2D eigenvalue weighted by atomic mass is 16.5. The molecule has 0 aliphatic rings. The van der Waals surface area contributed by atoms with E-state index in [1.807, 2.05) is 26.8 Å². The number of carboxylic acids is 1. The Kier molecular flexibility index (Phi) is 5.80. The molecule has 0 aliphatic heterocycles. The smallest absolute Gasteiger partial charge is 0.374 e. The first kappa shape index (κ1) is 18.5. The summed E-state index contributed by atoms with van der Waals surface area (Å²) in [4.78, 5) is 11.5. The van der Waals surface area contributed by atoms with E-state index in [2.05, 4.69) is 0 Å². The zero-order chi connectivity index (χ0) is 18.4. The van der Waals surface area contributed by atoms with Crippen molar-refractivity contribution in [3.05, 3.63) is 70.9 Å². The maximum Gasteiger partial charge on any atom is 0.374 e. The fraction of sp³-hybridized carbons (Fsp3) is 0.300. The molecule has 0 bridgehead atoms. The van der Waals surface area contributed by atoms with Gasteiger partial charge in [-0.25, -0.2) is 4.79 Å². The number of carbonyl (C=O) groups is 1. The summed E-state index contributed by atoms with van der Waals surface area (Å²) in [6, 6.07) is 14.9. The Hall–Kier alpha value is -2.82. The Labute approximate surface area is 147 Å². The van der Waals surface area contributed by atoms with Crippen LogP contribution in [0.2, 0.25) is 0 Å². The van der Waals surface area contributed by atoms with Crippen molar-refractivity contribution in [2.24, 2.45) is 0 Å². The van der Waals surface area contributed by atoms with E-state index in [-0.39, 0.29) is 12.0 Å². The largest absolute Gasteiger partial charge is 0.623 e. The summed E-state index contributed by atoms with van der Waals surface area (Å²) in [6.07, 6.45) is 1.41. The fourth-order valence-corrected chi connectivity index (χ4v) is 2.33. The van der Waals surface area contributed by atoms with Gasteiger partial charge in [0.25, 0.3) is 6.04 Å². The van der Waals surface area contributed by atoms with Crippen LogP contribution in [0, 0.1) is 5.21 Å². The number of rotatable bonds is 6. The predicted octanol–water partition coefficient (Wildman–Crippen LogP) is 3.49. The van der Waals surface area contributed by atoms with Crippen molar-refractivity contribution in [2.45, 2.75) is 38.8 Å². The first-order valence-electron chi connectivity index (χ1n) is 8.11. The van der Waals surface area contributed by atoms with Crippen LogP contribution < -0.4 is 4.74 Å². The lowest BCUT2D eigenvalue weighted by Gasteiger charge is -2.21. The molecule has 0 saturated heterocycles. The highest BCUT2D eigenvalue weighted by molar-refractivity contribution is 5.78. The first-order valence-corrected chi connectivity index (χ1v) is 8.11. The van der Waals surface area contributed by atoms with E-state index in [9.17, 15) is 15.1 Å². The molecule has 0 unspecified atom stereocenters. The van der Waals surface area contributed by atoms with Gasteiger partial charge >= 0.3 is 5.97 Å². The van der Waals surface area contributed by atoms with Gasteiger partial charge in [0.15, 0.2) is 6.21 Å². The van der Waals surface area contributed by atoms with Crippen molar-refractivity contribution in [1.82, 2.24) is 0 Å². The molecule has 1 N–H and O–H groups in total. The monoisotopic (exact) mass is 341 g/mol. The highest BCUT2D eigenvalue weighted by Gasteiger charge is 2.26. The van der Waals surface area contributed by atoms with Gasteiger partial charge < -0.3 is 15.1 Å². The molecule has 0 fully saturated rings. The third kappa shape index (κ3) is 5.95. The van der Waals surface area contributed by atoms with Gasteiger partial charge in [-0.2, -0.15) is 4.74 Å². The maximum absolute atomic E-state index is 12.3. The van der Waals surface area contributed by atoms with Gasteiger partial charge in [0.2, 0.25) is 0 Å². The average molecular weight is 341 g/mol. The van der Waals surface area contributed by atoms with Gasteiger partial charge in [-0.15, -0.1) is 0 Å². The second-order valence-corrected chi connectivity index (χ2v) is 6.82. The van der Waals surface area contributed by atoms with Crippen molar-refractivity contribution in [3.63, 3.8) is 0 Å². The number of hydrogen-bond acceptors (Lipinski definition) is 3. The molecule has 25 heavy (non-hydrogen) atoms. The molecule has 0 saturated carbocycles. The van der Waals surface area contributed by atoms with Crippen molar-refractivity contribution >= 4 is 12.2 Å². The molecule has 0 radical (unpaired) electrons. The van der Waals surface area contributed by atoms with E-state index in [1.165, 1.54) is 6.21 Å². The van der Waals surface area contributed by atoms with Gasteiger partial charge in [0.1, 0.15) is 11.4 Å². The number of carboxylic acid groups (broad SMARTS) is 1. The first-order chi connectivity index (χ1) is 11.7. The van der Waals surface area contributed by atoms with E-state index in [1.54, 1.807) is 48.5 Å². The van der Waals surface area contributed by atoms with Crippen LogP contribution in [0.3, 0.4) is 0 Å². The number of benzene rings is 2. The number of nitrogens with zero attached hydrogens (tertiary/aromatic N) is 1. The summed E-state index contributed by atoms with van der Waals surface area (Å²) < 4.78 is 6.24. The molecule has 0 heterocycles. The van der Waals surface area contributed by atoms with Gasteiger partial charge in [0.05, 0.1) is 0 Å². The minimum atomic E-state index is -1.19. The normalized spacial score (nSPS) is 13.3. The molecule has 2 aromatic rings. The Morgan fingerprint density at radius 2 is 1.76 bits per heavy atom. The Bertz CT molecular complexity index is 731. The molecule has 2 aromatic carbocycles. The Balaban J connectivity index is 2.14. The van der Waals surface area contributed by atoms with E-state index >= 15 is 0 Å². The summed E-state index contributed by atoms with van der Waals surface area (Å²) in [6.45, 7) is 5.86. The highest BCUT2D eigenvalue weighted by Crippen LogP contribution is 2.19. The van der Waals surface area contributed by atoms with Gasteiger partial charge in [-0.05, 0) is 50.6 Å². The molecule has 5 heteroatoms. The molecule has 0 amide bonds. The predicted molar refractivity (Wildman–Crippen MR) is 97.2 cm³/mol. The molecule has 0 spiro atoms. The van der Waals surface area contributed by atoms with Crippen LogP contribution in [0.5, 0.6) is 5.75 Å². The van der Waals surface area contributed by atoms with Crippen molar-refractivity contribution < 1.29 is 19.4 Å². The molecule has 132 valence electrons. The van der Waals surface area contributed by atoms with Crippen LogP contribution in [0.25, 0.3) is 0 Å². The number of ether oxygens (including phenoxy) is 1. The molecule has 2 rings (SSSR count). The quantitative estimate of drug-likeness (QED) is 0.378. The lowest BCUT2D eigenvalue weighted by molar-refractivity contribution is -0.483. The lowest BCUT2D eigenvalue weighted by atomic mass is 10.1. The zero-order valence-corrected chi connectivity index (χ0v) is 14.7. The van der Waals surface area contributed by atoms with Crippen LogP contribution >= 0.6 is 0 Å². The molecule has 1 atom stereocenters. The molecular weight excluding hydrogens is 318 g/mol. The Morgan fingerprint density at radius 1 is 1.16 bits per heavy atom. The van der Waals surface area contributed by atoms with Crippen molar-refractivity contribution in [1.29, 1.82) is 0 Å². The lowest BCUT2D eigenvalue weighted by Crippen LogP contribution is -2.33. The van der Waals surface area contributed by atoms with Gasteiger partial charge in [-0.1, -0.05) is 30.3 Å². The number of aliphatic carboxylic acids is 1. The minimum absolute atomic E-state index is 0.109. The summed E-state index contributed by atoms with van der Waals surface area (Å²) >= 11 is 0. The van der Waals surface area contributed by atoms with Crippen LogP contribution in [-0.2, 0) is 11.2 Å². The summed E-state index contributed by atoms with van der Waals surface area (Å²) in [5.41, 5.74) is 1.12. The Morgan fingerprint density at radius 3 is 2.28 bits per heavy atom. The van der Waals surface area contributed by atoms with Gasteiger partial charge in [0, 0.05) is 12.0 Å². The third-order valence-electron chi connectivity index (χ3n) is 3.44. The fourth-order valence-electron chi connectivity index (χ4n) is 2.33. The second-order valence-electron chi connectivity index (χ2n) is 6.82.